The molecule has 0 aromatic heterocycles. The number of hydrogen-bond acceptors (Lipinski definition) is 3. The van der Waals surface area contributed by atoms with E-state index in [0.29, 0.717) is 5.69 Å². The Balaban J connectivity index is 2.21. The van der Waals surface area contributed by atoms with Crippen LogP contribution in [0.5, 0.6) is 0 Å². The number of anilines is 1. The summed E-state index contributed by atoms with van der Waals surface area (Å²) in [6.07, 6.45) is 0. The SMILES string of the molecule is Cc1ccc(S(=O)(=O)Nc2ccc([C@@H](C)C#N)cc2)cc1. The lowest BCUT2D eigenvalue weighted by atomic mass is 10.0. The van der Waals surface area contributed by atoms with E-state index in [-0.39, 0.29) is 10.8 Å². The van der Waals surface area contributed by atoms with E-state index < -0.39 is 10.0 Å². The van der Waals surface area contributed by atoms with E-state index in [1.807, 2.05) is 6.92 Å². The molecular weight excluding hydrogens is 284 g/mol. The van der Waals surface area contributed by atoms with Crippen molar-refractivity contribution in [1.82, 2.24) is 0 Å². The minimum Gasteiger partial charge on any atom is -0.280 e. The summed E-state index contributed by atoms with van der Waals surface area (Å²) in [5.41, 5.74) is 2.34. The van der Waals surface area contributed by atoms with Crippen LogP contribution in [0.1, 0.15) is 24.0 Å². The molecule has 2 rings (SSSR count). The monoisotopic (exact) mass is 300 g/mol. The highest BCUT2D eigenvalue weighted by Crippen LogP contribution is 2.20. The van der Waals surface area contributed by atoms with Gasteiger partial charge < -0.3 is 0 Å². The molecular formula is C16H16N2O2S. The molecule has 108 valence electrons. The van der Waals surface area contributed by atoms with Gasteiger partial charge in [0.15, 0.2) is 0 Å². The predicted molar refractivity (Wildman–Crippen MR) is 82.5 cm³/mol. The summed E-state index contributed by atoms with van der Waals surface area (Å²) in [4.78, 5) is 0.225. The van der Waals surface area contributed by atoms with Crippen LogP contribution in [-0.2, 0) is 10.0 Å². The summed E-state index contributed by atoms with van der Waals surface area (Å²) in [5, 5.41) is 8.85. The first-order valence-electron chi connectivity index (χ1n) is 6.51. The molecule has 0 unspecified atom stereocenters. The van der Waals surface area contributed by atoms with E-state index in [2.05, 4.69) is 10.8 Å². The van der Waals surface area contributed by atoms with Crippen LogP contribution in [0.25, 0.3) is 0 Å². The van der Waals surface area contributed by atoms with Crippen molar-refractivity contribution in [3.05, 3.63) is 59.7 Å². The van der Waals surface area contributed by atoms with Crippen LogP contribution in [0, 0.1) is 18.3 Å². The smallest absolute Gasteiger partial charge is 0.261 e. The summed E-state index contributed by atoms with van der Waals surface area (Å²) < 4.78 is 27.0. The van der Waals surface area contributed by atoms with Crippen molar-refractivity contribution in [1.29, 1.82) is 5.26 Å². The van der Waals surface area contributed by atoms with E-state index in [0.717, 1.165) is 11.1 Å². The molecule has 0 aliphatic heterocycles. The lowest BCUT2D eigenvalue weighted by Gasteiger charge is -2.09. The second kappa shape index (κ2) is 5.98. The van der Waals surface area contributed by atoms with Gasteiger partial charge in [-0.3, -0.25) is 4.72 Å². The molecule has 2 aromatic carbocycles. The summed E-state index contributed by atoms with van der Waals surface area (Å²) in [6.45, 7) is 3.70. The van der Waals surface area contributed by atoms with Crippen molar-refractivity contribution >= 4 is 15.7 Å². The summed E-state index contributed by atoms with van der Waals surface area (Å²) >= 11 is 0. The van der Waals surface area contributed by atoms with Crippen LogP contribution in [0.2, 0.25) is 0 Å². The van der Waals surface area contributed by atoms with Crippen molar-refractivity contribution in [3.8, 4) is 6.07 Å². The Morgan fingerprint density at radius 2 is 1.62 bits per heavy atom. The molecule has 1 atom stereocenters. The minimum absolute atomic E-state index is 0.215. The molecule has 5 heteroatoms. The van der Waals surface area contributed by atoms with Crippen LogP contribution in [0.15, 0.2) is 53.4 Å². The fourth-order valence-electron chi connectivity index (χ4n) is 1.85. The first-order valence-corrected chi connectivity index (χ1v) is 8.00. The van der Waals surface area contributed by atoms with Crippen molar-refractivity contribution in [3.63, 3.8) is 0 Å². The van der Waals surface area contributed by atoms with E-state index in [1.54, 1.807) is 55.5 Å². The van der Waals surface area contributed by atoms with Gasteiger partial charge in [-0.15, -0.1) is 0 Å². The number of nitriles is 1. The van der Waals surface area contributed by atoms with Crippen LogP contribution in [0.3, 0.4) is 0 Å². The molecule has 0 fully saturated rings. The maximum absolute atomic E-state index is 12.2. The average Bonchev–Trinajstić information content (AvgIpc) is 2.47. The van der Waals surface area contributed by atoms with Crippen LogP contribution >= 0.6 is 0 Å². The van der Waals surface area contributed by atoms with Gasteiger partial charge in [-0.25, -0.2) is 8.42 Å². The number of sulfonamides is 1. The maximum atomic E-state index is 12.2. The zero-order valence-corrected chi connectivity index (χ0v) is 12.7. The van der Waals surface area contributed by atoms with Gasteiger partial charge in [0, 0.05) is 5.69 Å². The molecule has 0 saturated carbocycles. The summed E-state index contributed by atoms with van der Waals surface area (Å²) in [5.74, 6) is -0.215. The van der Waals surface area contributed by atoms with Gasteiger partial charge in [-0.05, 0) is 43.7 Å². The van der Waals surface area contributed by atoms with Crippen molar-refractivity contribution < 1.29 is 8.42 Å². The fraction of sp³-hybridized carbons (Fsp3) is 0.188. The van der Waals surface area contributed by atoms with Crippen molar-refractivity contribution in [2.24, 2.45) is 0 Å². The van der Waals surface area contributed by atoms with E-state index in [1.165, 1.54) is 0 Å². The Morgan fingerprint density at radius 3 is 2.14 bits per heavy atom. The molecule has 0 heterocycles. The topological polar surface area (TPSA) is 70.0 Å². The quantitative estimate of drug-likeness (QED) is 0.940. The highest BCUT2D eigenvalue weighted by atomic mass is 32.2. The third kappa shape index (κ3) is 3.61. The lowest BCUT2D eigenvalue weighted by molar-refractivity contribution is 0.601. The Hall–Kier alpha value is -2.32. The number of benzene rings is 2. The minimum atomic E-state index is -3.58. The molecule has 21 heavy (non-hydrogen) atoms. The van der Waals surface area contributed by atoms with Gasteiger partial charge in [0.2, 0.25) is 0 Å². The second-order valence-corrected chi connectivity index (χ2v) is 6.57. The predicted octanol–water partition coefficient (Wildman–Crippen LogP) is 3.42. The van der Waals surface area contributed by atoms with E-state index in [4.69, 9.17) is 5.26 Å². The Bertz CT molecular complexity index is 757. The molecule has 0 spiro atoms. The Morgan fingerprint density at radius 1 is 1.05 bits per heavy atom. The van der Waals surface area contributed by atoms with Gasteiger partial charge in [-0.1, -0.05) is 29.8 Å². The first kappa shape index (κ1) is 15.1. The molecule has 0 saturated heterocycles. The van der Waals surface area contributed by atoms with Gasteiger partial charge in [0.1, 0.15) is 0 Å². The molecule has 4 nitrogen and oxygen atoms in total. The number of rotatable bonds is 4. The highest BCUT2D eigenvalue weighted by molar-refractivity contribution is 7.92. The number of nitrogens with one attached hydrogen (secondary N) is 1. The first-order chi connectivity index (χ1) is 9.92. The zero-order chi connectivity index (χ0) is 15.5. The number of hydrogen-bond donors (Lipinski definition) is 1. The lowest BCUT2D eigenvalue weighted by Crippen LogP contribution is -2.12. The average molecular weight is 300 g/mol. The summed E-state index contributed by atoms with van der Waals surface area (Å²) in [7, 11) is -3.58. The fourth-order valence-corrected chi connectivity index (χ4v) is 2.90. The molecule has 0 radical (unpaired) electrons. The summed E-state index contributed by atoms with van der Waals surface area (Å²) in [6, 6.07) is 15.6. The van der Waals surface area contributed by atoms with E-state index in [9.17, 15) is 8.42 Å². The molecule has 0 amide bonds. The number of nitrogens with zero attached hydrogens (tertiary/aromatic N) is 1. The van der Waals surface area contributed by atoms with Crippen LogP contribution < -0.4 is 4.72 Å². The van der Waals surface area contributed by atoms with Gasteiger partial charge in [-0.2, -0.15) is 5.26 Å². The standard InChI is InChI=1S/C16H16N2O2S/c1-12-3-9-16(10-4-12)21(19,20)18-15-7-5-14(6-8-15)13(2)11-17/h3-10,13,18H,1-2H3/t13-/m0/s1. The second-order valence-electron chi connectivity index (χ2n) is 4.89. The van der Waals surface area contributed by atoms with Gasteiger partial charge in [0.25, 0.3) is 10.0 Å². The van der Waals surface area contributed by atoms with Gasteiger partial charge in [0.05, 0.1) is 16.9 Å². The maximum Gasteiger partial charge on any atom is 0.261 e. The number of aryl methyl sites for hydroxylation is 1. The molecule has 1 N–H and O–H groups in total. The highest BCUT2D eigenvalue weighted by Gasteiger charge is 2.14. The zero-order valence-electron chi connectivity index (χ0n) is 11.9. The Labute approximate surface area is 125 Å². The van der Waals surface area contributed by atoms with E-state index >= 15 is 0 Å². The largest absolute Gasteiger partial charge is 0.280 e. The van der Waals surface area contributed by atoms with Crippen molar-refractivity contribution in [2.75, 3.05) is 4.72 Å². The third-order valence-electron chi connectivity index (χ3n) is 3.19. The van der Waals surface area contributed by atoms with Crippen LogP contribution in [0.4, 0.5) is 5.69 Å². The van der Waals surface area contributed by atoms with Crippen LogP contribution in [-0.4, -0.2) is 8.42 Å². The van der Waals surface area contributed by atoms with Crippen molar-refractivity contribution in [2.45, 2.75) is 24.7 Å². The van der Waals surface area contributed by atoms with Gasteiger partial charge >= 0.3 is 0 Å². The normalized spacial score (nSPS) is 12.4. The molecule has 2 aromatic rings. The molecule has 0 aliphatic rings. The molecule has 0 aliphatic carbocycles. The Kier molecular flexibility index (Phi) is 4.29. The molecule has 0 bridgehead atoms. The third-order valence-corrected chi connectivity index (χ3v) is 4.59.